The van der Waals surface area contributed by atoms with Gasteiger partial charge < -0.3 is 10.6 Å². The number of primary amides is 1. The van der Waals surface area contributed by atoms with Crippen molar-refractivity contribution in [2.24, 2.45) is 17.1 Å². The maximum Gasteiger partial charge on any atom is 0.243 e. The smallest absolute Gasteiger partial charge is 0.243 e. The van der Waals surface area contributed by atoms with Crippen molar-refractivity contribution in [1.29, 1.82) is 5.26 Å². The zero-order chi connectivity index (χ0) is 11.6. The minimum Gasteiger partial charge on any atom is -0.368 e. The lowest BCUT2D eigenvalue weighted by atomic mass is 9.63. The van der Waals surface area contributed by atoms with Gasteiger partial charge in [-0.05, 0) is 18.8 Å². The Morgan fingerprint density at radius 2 is 2.13 bits per heavy atom. The lowest BCUT2D eigenvalue weighted by Crippen LogP contribution is -2.50. The summed E-state index contributed by atoms with van der Waals surface area (Å²) in [5.41, 5.74) is 4.07. The van der Waals surface area contributed by atoms with Crippen molar-refractivity contribution in [2.75, 3.05) is 13.6 Å². The molecule has 5 heteroatoms. The lowest BCUT2D eigenvalue weighted by Gasteiger charge is -2.41. The molecule has 0 bridgehead atoms. The molecule has 0 aliphatic heterocycles. The molecule has 0 unspecified atom stereocenters. The quantitative estimate of drug-likeness (QED) is 0.702. The normalized spacial score (nSPS) is 28.7. The first kappa shape index (κ1) is 11.5. The van der Waals surface area contributed by atoms with Gasteiger partial charge in [-0.1, -0.05) is 6.92 Å². The molecule has 0 radical (unpaired) electrons. The zero-order valence-corrected chi connectivity index (χ0v) is 8.99. The Balaban J connectivity index is 2.67. The molecule has 1 aliphatic rings. The number of rotatable bonds is 3. The molecule has 1 saturated carbocycles. The summed E-state index contributed by atoms with van der Waals surface area (Å²) < 4.78 is 0. The number of amides is 2. The standard InChI is InChI=1S/C10H15N3O2/c1-7-3-10(4-7,6-11)9(15)13(2)5-8(12)14/h7H,3-5H2,1-2H3,(H2,12,14). The van der Waals surface area contributed by atoms with Gasteiger partial charge in [-0.3, -0.25) is 9.59 Å². The molecular formula is C10H15N3O2. The lowest BCUT2D eigenvalue weighted by molar-refractivity contribution is -0.145. The summed E-state index contributed by atoms with van der Waals surface area (Å²) in [5.74, 6) is -0.455. The third kappa shape index (κ3) is 2.09. The monoisotopic (exact) mass is 209 g/mol. The summed E-state index contributed by atoms with van der Waals surface area (Å²) in [6.45, 7) is 1.87. The molecule has 5 nitrogen and oxygen atoms in total. The van der Waals surface area contributed by atoms with Crippen LogP contribution < -0.4 is 5.73 Å². The van der Waals surface area contributed by atoms with Crippen molar-refractivity contribution in [3.05, 3.63) is 0 Å². The molecule has 0 saturated heterocycles. The first-order chi connectivity index (χ1) is 6.91. The van der Waals surface area contributed by atoms with Crippen molar-refractivity contribution < 1.29 is 9.59 Å². The summed E-state index contributed by atoms with van der Waals surface area (Å²) in [7, 11) is 1.50. The molecule has 1 aliphatic carbocycles. The average Bonchev–Trinajstić information content (AvgIpc) is 2.10. The molecule has 0 atom stereocenters. The molecule has 2 N–H and O–H groups in total. The molecular weight excluding hydrogens is 194 g/mol. The highest BCUT2D eigenvalue weighted by atomic mass is 16.2. The van der Waals surface area contributed by atoms with E-state index in [1.807, 2.05) is 6.92 Å². The van der Waals surface area contributed by atoms with Crippen LogP contribution in [0.4, 0.5) is 0 Å². The summed E-state index contributed by atoms with van der Waals surface area (Å²) in [6, 6.07) is 2.06. The highest BCUT2D eigenvalue weighted by Crippen LogP contribution is 2.45. The molecule has 82 valence electrons. The van der Waals surface area contributed by atoms with Gasteiger partial charge in [-0.15, -0.1) is 0 Å². The van der Waals surface area contributed by atoms with E-state index in [0.29, 0.717) is 18.8 Å². The highest BCUT2D eigenvalue weighted by Gasteiger charge is 2.50. The minimum absolute atomic E-state index is 0.128. The van der Waals surface area contributed by atoms with Gasteiger partial charge in [0.1, 0.15) is 5.41 Å². The molecule has 15 heavy (non-hydrogen) atoms. The van der Waals surface area contributed by atoms with E-state index in [1.54, 1.807) is 0 Å². The molecule has 1 fully saturated rings. The van der Waals surface area contributed by atoms with Crippen LogP contribution in [0.2, 0.25) is 0 Å². The van der Waals surface area contributed by atoms with Gasteiger partial charge in [-0.25, -0.2) is 0 Å². The second-order valence-corrected chi connectivity index (χ2v) is 4.33. The number of hydrogen-bond acceptors (Lipinski definition) is 3. The van der Waals surface area contributed by atoms with Crippen molar-refractivity contribution in [3.8, 4) is 6.07 Å². The Morgan fingerprint density at radius 1 is 1.60 bits per heavy atom. The first-order valence-electron chi connectivity index (χ1n) is 4.86. The van der Waals surface area contributed by atoms with E-state index in [4.69, 9.17) is 11.0 Å². The zero-order valence-electron chi connectivity index (χ0n) is 8.99. The van der Waals surface area contributed by atoms with E-state index in [1.165, 1.54) is 11.9 Å². The van der Waals surface area contributed by atoms with Crippen molar-refractivity contribution in [3.63, 3.8) is 0 Å². The van der Waals surface area contributed by atoms with E-state index >= 15 is 0 Å². The van der Waals surface area contributed by atoms with Gasteiger partial charge in [-0.2, -0.15) is 5.26 Å². The number of nitrogens with two attached hydrogens (primary N) is 1. The molecule has 1 rings (SSSR count). The summed E-state index contributed by atoms with van der Waals surface area (Å²) in [6.07, 6.45) is 1.15. The molecule has 0 aromatic carbocycles. The number of nitriles is 1. The van der Waals surface area contributed by atoms with E-state index < -0.39 is 11.3 Å². The van der Waals surface area contributed by atoms with Crippen LogP contribution >= 0.6 is 0 Å². The van der Waals surface area contributed by atoms with Gasteiger partial charge in [0.2, 0.25) is 11.8 Å². The molecule has 2 amide bonds. The van der Waals surface area contributed by atoms with Crippen LogP contribution in [0.3, 0.4) is 0 Å². The van der Waals surface area contributed by atoms with Gasteiger partial charge in [0, 0.05) is 7.05 Å². The van der Waals surface area contributed by atoms with E-state index in [0.717, 1.165) is 0 Å². The maximum absolute atomic E-state index is 11.9. The van der Waals surface area contributed by atoms with Gasteiger partial charge in [0.05, 0.1) is 12.6 Å². The SMILES string of the molecule is CC1CC(C#N)(C(=O)N(C)CC(N)=O)C1. The fourth-order valence-electron chi connectivity index (χ4n) is 2.11. The van der Waals surface area contributed by atoms with Gasteiger partial charge >= 0.3 is 0 Å². The third-order valence-electron chi connectivity index (χ3n) is 2.76. The largest absolute Gasteiger partial charge is 0.368 e. The summed E-state index contributed by atoms with van der Waals surface area (Å²) in [4.78, 5) is 23.7. The Morgan fingerprint density at radius 3 is 2.47 bits per heavy atom. The fraction of sp³-hybridized carbons (Fsp3) is 0.700. The minimum atomic E-state index is -0.913. The van der Waals surface area contributed by atoms with Crippen molar-refractivity contribution >= 4 is 11.8 Å². The predicted octanol–water partition coefficient (Wildman–Crippen LogP) is -0.130. The summed E-state index contributed by atoms with van der Waals surface area (Å²) >= 11 is 0. The molecule has 0 spiro atoms. The Bertz CT molecular complexity index is 326. The number of likely N-dealkylation sites (N-methyl/N-ethyl adjacent to an activating group) is 1. The van der Waals surface area contributed by atoms with E-state index in [9.17, 15) is 9.59 Å². The fourth-order valence-corrected chi connectivity index (χ4v) is 2.11. The predicted molar refractivity (Wildman–Crippen MR) is 53.3 cm³/mol. The first-order valence-corrected chi connectivity index (χ1v) is 4.86. The summed E-state index contributed by atoms with van der Waals surface area (Å²) in [5, 5.41) is 8.99. The van der Waals surface area contributed by atoms with Crippen molar-refractivity contribution in [1.82, 2.24) is 4.90 Å². The topological polar surface area (TPSA) is 87.2 Å². The van der Waals surface area contributed by atoms with Crippen LogP contribution in [0.1, 0.15) is 19.8 Å². The van der Waals surface area contributed by atoms with Crippen LogP contribution in [0.5, 0.6) is 0 Å². The Hall–Kier alpha value is -1.57. The van der Waals surface area contributed by atoms with Crippen LogP contribution in [0.15, 0.2) is 0 Å². The second kappa shape index (κ2) is 3.89. The highest BCUT2D eigenvalue weighted by molar-refractivity contribution is 5.89. The number of carbonyl (C=O) groups excluding carboxylic acids is 2. The van der Waals surface area contributed by atoms with E-state index in [-0.39, 0.29) is 12.5 Å². The van der Waals surface area contributed by atoms with Crippen LogP contribution in [0.25, 0.3) is 0 Å². The second-order valence-electron chi connectivity index (χ2n) is 4.33. The number of hydrogen-bond donors (Lipinski definition) is 1. The van der Waals surface area contributed by atoms with Gasteiger partial charge in [0.25, 0.3) is 0 Å². The Kier molecular flexibility index (Phi) is 2.98. The Labute approximate surface area is 88.8 Å². The molecule has 0 aromatic rings. The molecule has 0 heterocycles. The molecule has 0 aromatic heterocycles. The number of nitrogens with zero attached hydrogens (tertiary/aromatic N) is 2. The van der Waals surface area contributed by atoms with Crippen LogP contribution in [-0.2, 0) is 9.59 Å². The van der Waals surface area contributed by atoms with Crippen LogP contribution in [-0.4, -0.2) is 30.3 Å². The number of carbonyl (C=O) groups is 2. The van der Waals surface area contributed by atoms with Crippen LogP contribution in [0, 0.1) is 22.7 Å². The van der Waals surface area contributed by atoms with E-state index in [2.05, 4.69) is 6.07 Å². The van der Waals surface area contributed by atoms with Gasteiger partial charge in [0.15, 0.2) is 0 Å². The third-order valence-corrected chi connectivity index (χ3v) is 2.76. The maximum atomic E-state index is 11.9. The van der Waals surface area contributed by atoms with Crippen molar-refractivity contribution in [2.45, 2.75) is 19.8 Å². The average molecular weight is 209 g/mol.